The molecule has 2 aromatic rings. The third kappa shape index (κ3) is 3.99. The van der Waals surface area contributed by atoms with Crippen LogP contribution in [0.3, 0.4) is 0 Å². The van der Waals surface area contributed by atoms with Gasteiger partial charge >= 0.3 is 0 Å². The average Bonchev–Trinajstić information content (AvgIpc) is 2.64. The molecule has 0 spiro atoms. The molecule has 0 fully saturated rings. The second-order valence-electron chi connectivity index (χ2n) is 6.79. The highest BCUT2D eigenvalue weighted by Crippen LogP contribution is 2.35. The lowest BCUT2D eigenvalue weighted by atomic mass is 9.88. The van der Waals surface area contributed by atoms with Crippen molar-refractivity contribution in [3.05, 3.63) is 88.0 Å². The van der Waals surface area contributed by atoms with Crippen LogP contribution in [0, 0.1) is 12.3 Å². The molecule has 2 aromatic carbocycles. The molecule has 2 N–H and O–H groups in total. The van der Waals surface area contributed by atoms with Crippen molar-refractivity contribution in [2.45, 2.75) is 6.92 Å². The highest BCUT2D eigenvalue weighted by molar-refractivity contribution is 6.33. The molecule has 0 saturated carbocycles. The van der Waals surface area contributed by atoms with E-state index in [0.717, 1.165) is 28.0 Å². The Labute approximate surface area is 166 Å². The Balaban J connectivity index is 2.22. The van der Waals surface area contributed by atoms with Gasteiger partial charge in [0.1, 0.15) is 0 Å². The fraction of sp³-hybridized carbons (Fsp3) is 0.174. The van der Waals surface area contributed by atoms with E-state index in [2.05, 4.69) is 41.4 Å². The molecular weight excluding hydrogens is 354 g/mol. The molecule has 3 rings (SSSR count). The van der Waals surface area contributed by atoms with Crippen LogP contribution < -0.4 is 10.2 Å². The second kappa shape index (κ2) is 7.85. The first-order chi connectivity index (χ1) is 12.9. The van der Waals surface area contributed by atoms with Crippen molar-refractivity contribution >= 4 is 34.3 Å². The summed E-state index contributed by atoms with van der Waals surface area (Å²) in [5.74, 6) is 0. The number of anilines is 2. The van der Waals surface area contributed by atoms with Gasteiger partial charge in [0.2, 0.25) is 0 Å². The van der Waals surface area contributed by atoms with E-state index in [9.17, 15) is 0 Å². The standard InChI is InChI=1S/C23H24ClN3/c1-15-13-19(27(3)4)10-11-20(15)23(16-5-8-18(25)9-6-16)17-7-12-22(26-2)21(24)14-17/h5-14,25-26H,1-4H3. The van der Waals surface area contributed by atoms with Gasteiger partial charge in [-0.2, -0.15) is 0 Å². The Hall–Kier alpha value is -2.78. The van der Waals surface area contributed by atoms with E-state index >= 15 is 0 Å². The predicted octanol–water partition coefficient (Wildman–Crippen LogP) is 5.70. The highest BCUT2D eigenvalue weighted by atomic mass is 35.5. The van der Waals surface area contributed by atoms with Gasteiger partial charge in [-0.3, -0.25) is 0 Å². The Morgan fingerprint density at radius 3 is 2.26 bits per heavy atom. The lowest BCUT2D eigenvalue weighted by Gasteiger charge is -2.19. The third-order valence-electron chi connectivity index (χ3n) is 4.70. The van der Waals surface area contributed by atoms with Crippen LogP contribution in [0.5, 0.6) is 0 Å². The fourth-order valence-electron chi connectivity index (χ4n) is 3.19. The molecule has 0 aliphatic heterocycles. The summed E-state index contributed by atoms with van der Waals surface area (Å²) in [6, 6.07) is 12.6. The molecule has 0 atom stereocenters. The van der Waals surface area contributed by atoms with E-state index < -0.39 is 0 Å². The van der Waals surface area contributed by atoms with Gasteiger partial charge in [-0.25, -0.2) is 0 Å². The number of hydrogen-bond donors (Lipinski definition) is 2. The van der Waals surface area contributed by atoms with Gasteiger partial charge in [0.15, 0.2) is 0 Å². The minimum atomic E-state index is 0.501. The minimum absolute atomic E-state index is 0.501. The Kier molecular flexibility index (Phi) is 5.52. The molecule has 27 heavy (non-hydrogen) atoms. The van der Waals surface area contributed by atoms with Gasteiger partial charge in [0.05, 0.1) is 16.4 Å². The molecule has 0 aromatic heterocycles. The Morgan fingerprint density at radius 2 is 1.70 bits per heavy atom. The summed E-state index contributed by atoms with van der Waals surface area (Å²) < 4.78 is 0. The number of rotatable bonds is 4. The van der Waals surface area contributed by atoms with Gasteiger partial charge in [-0.05, 0) is 71.2 Å². The van der Waals surface area contributed by atoms with Crippen LogP contribution in [0.4, 0.5) is 11.4 Å². The van der Waals surface area contributed by atoms with E-state index in [1.165, 1.54) is 11.3 Å². The molecular formula is C23H24ClN3. The zero-order valence-electron chi connectivity index (χ0n) is 16.1. The van der Waals surface area contributed by atoms with Crippen molar-refractivity contribution < 1.29 is 0 Å². The monoisotopic (exact) mass is 377 g/mol. The molecule has 0 unspecified atom stereocenters. The zero-order valence-corrected chi connectivity index (χ0v) is 16.9. The molecule has 0 heterocycles. The molecule has 0 amide bonds. The molecule has 1 aliphatic rings. The van der Waals surface area contributed by atoms with Crippen LogP contribution >= 0.6 is 11.6 Å². The maximum Gasteiger partial charge on any atom is 0.0643 e. The van der Waals surface area contributed by atoms with Gasteiger partial charge in [0, 0.05) is 26.8 Å². The summed E-state index contributed by atoms with van der Waals surface area (Å²) >= 11 is 6.47. The first-order valence-corrected chi connectivity index (χ1v) is 9.23. The minimum Gasteiger partial charge on any atom is -0.387 e. The lowest BCUT2D eigenvalue weighted by Crippen LogP contribution is -2.09. The SMILES string of the molecule is CNc1ccc(C(=C2C=CC(=N)C=C2)c2ccc(N(C)C)cc2C)cc1Cl. The van der Waals surface area contributed by atoms with Crippen molar-refractivity contribution in [3.63, 3.8) is 0 Å². The van der Waals surface area contributed by atoms with Crippen LogP contribution in [-0.4, -0.2) is 26.9 Å². The summed E-state index contributed by atoms with van der Waals surface area (Å²) in [5.41, 5.74) is 8.16. The molecule has 0 radical (unpaired) electrons. The predicted molar refractivity (Wildman–Crippen MR) is 119 cm³/mol. The molecule has 0 bridgehead atoms. The average molecular weight is 378 g/mol. The van der Waals surface area contributed by atoms with Gasteiger partial charge in [0.25, 0.3) is 0 Å². The first-order valence-electron chi connectivity index (χ1n) is 8.85. The summed E-state index contributed by atoms with van der Waals surface area (Å²) in [7, 11) is 5.95. The van der Waals surface area contributed by atoms with Gasteiger partial charge in [-0.1, -0.05) is 35.9 Å². The molecule has 138 valence electrons. The van der Waals surface area contributed by atoms with Crippen molar-refractivity contribution in [1.29, 1.82) is 5.41 Å². The third-order valence-corrected chi connectivity index (χ3v) is 5.01. The smallest absolute Gasteiger partial charge is 0.0643 e. The first kappa shape index (κ1) is 19.0. The number of nitrogens with zero attached hydrogens (tertiary/aromatic N) is 1. The maximum atomic E-state index is 7.80. The fourth-order valence-corrected chi connectivity index (χ4v) is 3.47. The molecule has 1 aliphatic carbocycles. The molecule has 4 heteroatoms. The van der Waals surface area contributed by atoms with Crippen molar-refractivity contribution in [2.75, 3.05) is 31.4 Å². The van der Waals surface area contributed by atoms with Crippen LogP contribution in [0.2, 0.25) is 5.02 Å². The van der Waals surface area contributed by atoms with Gasteiger partial charge in [-0.15, -0.1) is 0 Å². The van der Waals surface area contributed by atoms with Crippen molar-refractivity contribution in [2.24, 2.45) is 0 Å². The van der Waals surface area contributed by atoms with Gasteiger partial charge < -0.3 is 15.6 Å². The van der Waals surface area contributed by atoms with E-state index in [4.69, 9.17) is 17.0 Å². The van der Waals surface area contributed by atoms with Crippen LogP contribution in [-0.2, 0) is 0 Å². The van der Waals surface area contributed by atoms with Crippen LogP contribution in [0.25, 0.3) is 5.57 Å². The normalized spacial score (nSPS) is 13.1. The number of aryl methyl sites for hydroxylation is 1. The van der Waals surface area contributed by atoms with Crippen LogP contribution in [0.1, 0.15) is 16.7 Å². The maximum absolute atomic E-state index is 7.80. The van der Waals surface area contributed by atoms with Crippen molar-refractivity contribution in [1.82, 2.24) is 0 Å². The van der Waals surface area contributed by atoms with Crippen LogP contribution in [0.15, 0.2) is 66.3 Å². The topological polar surface area (TPSA) is 39.1 Å². The molecule has 0 saturated heterocycles. The molecule has 3 nitrogen and oxygen atoms in total. The summed E-state index contributed by atoms with van der Waals surface area (Å²) in [6.45, 7) is 2.13. The largest absolute Gasteiger partial charge is 0.387 e. The quantitative estimate of drug-likeness (QED) is 0.716. The summed E-state index contributed by atoms with van der Waals surface area (Å²) in [4.78, 5) is 2.10. The van der Waals surface area contributed by atoms with E-state index in [1.54, 1.807) is 0 Å². The lowest BCUT2D eigenvalue weighted by molar-refractivity contribution is 1.13. The number of allylic oxidation sites excluding steroid dienone is 5. The number of hydrogen-bond acceptors (Lipinski definition) is 3. The van der Waals surface area contributed by atoms with E-state index in [0.29, 0.717) is 10.7 Å². The highest BCUT2D eigenvalue weighted by Gasteiger charge is 2.15. The second-order valence-corrected chi connectivity index (χ2v) is 7.20. The Bertz CT molecular complexity index is 963. The number of nitrogens with one attached hydrogen (secondary N) is 2. The zero-order chi connectivity index (χ0) is 19.6. The van der Waals surface area contributed by atoms with E-state index in [1.807, 2.05) is 57.6 Å². The van der Waals surface area contributed by atoms with Crippen molar-refractivity contribution in [3.8, 4) is 0 Å². The summed E-state index contributed by atoms with van der Waals surface area (Å²) in [6.07, 6.45) is 7.64. The summed E-state index contributed by atoms with van der Waals surface area (Å²) in [5, 5.41) is 11.6. The number of halogens is 1. The van der Waals surface area contributed by atoms with E-state index in [-0.39, 0.29) is 0 Å². The Morgan fingerprint density at radius 1 is 1.00 bits per heavy atom. The number of benzene rings is 2.